The summed E-state index contributed by atoms with van der Waals surface area (Å²) < 4.78 is 5.47. The van der Waals surface area contributed by atoms with Crippen molar-refractivity contribution in [3.8, 4) is 0 Å². The minimum absolute atomic E-state index is 0.675. The van der Waals surface area contributed by atoms with Gasteiger partial charge >= 0.3 is 0 Å². The number of rotatable bonds is 7. The van der Waals surface area contributed by atoms with E-state index in [4.69, 9.17) is 4.74 Å². The molecule has 1 fully saturated rings. The Balaban J connectivity index is 1.99. The van der Waals surface area contributed by atoms with Crippen LogP contribution in [-0.2, 0) is 4.74 Å². The highest BCUT2D eigenvalue weighted by Crippen LogP contribution is 2.14. The summed E-state index contributed by atoms with van der Waals surface area (Å²) in [7, 11) is 2.21. The molecule has 3 nitrogen and oxygen atoms in total. The summed E-state index contributed by atoms with van der Waals surface area (Å²) in [5, 5.41) is 3.57. The van der Waals surface area contributed by atoms with Gasteiger partial charge in [-0.25, -0.2) is 0 Å². The van der Waals surface area contributed by atoms with Gasteiger partial charge in [-0.1, -0.05) is 6.08 Å². The van der Waals surface area contributed by atoms with E-state index in [1.807, 2.05) is 6.08 Å². The predicted molar refractivity (Wildman–Crippen MR) is 68.7 cm³/mol. The fraction of sp³-hybridized carbons (Fsp3) is 0.846. The van der Waals surface area contributed by atoms with Crippen molar-refractivity contribution >= 4 is 0 Å². The number of ether oxygens (including phenoxy) is 1. The van der Waals surface area contributed by atoms with Gasteiger partial charge in [0.2, 0.25) is 0 Å². The van der Waals surface area contributed by atoms with Gasteiger partial charge in [0.1, 0.15) is 0 Å². The van der Waals surface area contributed by atoms with Crippen LogP contribution in [0, 0.1) is 0 Å². The largest absolute Gasteiger partial charge is 0.380 e. The number of hydrogen-bond donors (Lipinski definition) is 1. The van der Waals surface area contributed by atoms with Crippen LogP contribution in [0.25, 0.3) is 0 Å². The smallest absolute Gasteiger partial charge is 0.0591 e. The van der Waals surface area contributed by atoms with Crippen LogP contribution in [0.2, 0.25) is 0 Å². The third-order valence-electron chi connectivity index (χ3n) is 3.35. The van der Waals surface area contributed by atoms with Crippen LogP contribution < -0.4 is 5.32 Å². The molecule has 0 radical (unpaired) electrons. The second-order valence-electron chi connectivity index (χ2n) is 4.69. The molecule has 2 unspecified atom stereocenters. The van der Waals surface area contributed by atoms with Crippen molar-refractivity contribution in [3.63, 3.8) is 0 Å². The Hall–Kier alpha value is -0.380. The first-order valence-corrected chi connectivity index (χ1v) is 6.36. The first-order valence-electron chi connectivity index (χ1n) is 6.36. The summed E-state index contributed by atoms with van der Waals surface area (Å²) in [4.78, 5) is 2.43. The first kappa shape index (κ1) is 13.7. The van der Waals surface area contributed by atoms with Gasteiger partial charge in [-0.15, -0.1) is 6.58 Å². The monoisotopic (exact) mass is 226 g/mol. The Morgan fingerprint density at radius 3 is 3.00 bits per heavy atom. The topological polar surface area (TPSA) is 24.5 Å². The first-order chi connectivity index (χ1) is 7.74. The maximum Gasteiger partial charge on any atom is 0.0591 e. The summed E-state index contributed by atoms with van der Waals surface area (Å²) in [6, 6.07) is 1.38. The van der Waals surface area contributed by atoms with Crippen LogP contribution in [0.15, 0.2) is 12.7 Å². The van der Waals surface area contributed by atoms with Gasteiger partial charge < -0.3 is 15.0 Å². The zero-order valence-electron chi connectivity index (χ0n) is 10.7. The van der Waals surface area contributed by atoms with Gasteiger partial charge in [-0.3, -0.25) is 0 Å². The molecule has 0 saturated carbocycles. The van der Waals surface area contributed by atoms with Crippen molar-refractivity contribution in [2.75, 3.05) is 33.4 Å². The normalized spacial score (nSPS) is 26.9. The molecule has 1 saturated heterocycles. The molecule has 0 bridgehead atoms. The number of piperidine rings is 1. The lowest BCUT2D eigenvalue weighted by Gasteiger charge is -2.35. The molecule has 1 heterocycles. The quantitative estimate of drug-likeness (QED) is 0.528. The van der Waals surface area contributed by atoms with Gasteiger partial charge in [-0.05, 0) is 39.8 Å². The molecule has 1 rings (SSSR count). The Morgan fingerprint density at radius 1 is 1.50 bits per heavy atom. The van der Waals surface area contributed by atoms with Gasteiger partial charge in [0.05, 0.1) is 13.2 Å². The Labute approximate surface area is 99.8 Å². The number of likely N-dealkylation sites (tertiary alicyclic amines) is 1. The lowest BCUT2D eigenvalue weighted by Crippen LogP contribution is -2.46. The van der Waals surface area contributed by atoms with Gasteiger partial charge in [0.15, 0.2) is 0 Å². The summed E-state index contributed by atoms with van der Waals surface area (Å²) in [6.07, 6.45) is 5.36. The highest BCUT2D eigenvalue weighted by Gasteiger charge is 2.21. The second kappa shape index (κ2) is 7.82. The van der Waals surface area contributed by atoms with Crippen LogP contribution in [-0.4, -0.2) is 50.3 Å². The molecule has 0 aromatic heterocycles. The van der Waals surface area contributed by atoms with Crippen LogP contribution in [0.4, 0.5) is 0 Å². The number of nitrogens with zero attached hydrogens (tertiary/aromatic N) is 1. The van der Waals surface area contributed by atoms with E-state index in [1.165, 1.54) is 19.4 Å². The highest BCUT2D eigenvalue weighted by atomic mass is 16.5. The second-order valence-corrected chi connectivity index (χ2v) is 4.69. The molecule has 1 N–H and O–H groups in total. The molecule has 0 aromatic rings. The molecule has 1 aliphatic rings. The van der Waals surface area contributed by atoms with Crippen molar-refractivity contribution in [3.05, 3.63) is 12.7 Å². The molecule has 0 spiro atoms. The van der Waals surface area contributed by atoms with E-state index in [-0.39, 0.29) is 0 Å². The van der Waals surface area contributed by atoms with E-state index in [0.29, 0.717) is 12.1 Å². The van der Waals surface area contributed by atoms with Crippen molar-refractivity contribution in [2.45, 2.75) is 38.3 Å². The van der Waals surface area contributed by atoms with E-state index >= 15 is 0 Å². The average molecular weight is 226 g/mol. The average Bonchev–Trinajstić information content (AvgIpc) is 2.28. The zero-order valence-corrected chi connectivity index (χ0v) is 10.7. The minimum Gasteiger partial charge on any atom is -0.380 e. The van der Waals surface area contributed by atoms with E-state index in [1.54, 1.807) is 0 Å². The van der Waals surface area contributed by atoms with Crippen molar-refractivity contribution < 1.29 is 4.74 Å². The molecule has 3 heteroatoms. The van der Waals surface area contributed by atoms with E-state index in [2.05, 4.69) is 30.8 Å². The van der Waals surface area contributed by atoms with Crippen molar-refractivity contribution in [1.29, 1.82) is 0 Å². The van der Waals surface area contributed by atoms with Gasteiger partial charge in [0.25, 0.3) is 0 Å². The predicted octanol–water partition coefficient (Wildman–Crippen LogP) is 1.65. The fourth-order valence-electron chi connectivity index (χ4n) is 2.08. The maximum atomic E-state index is 5.47. The number of hydrogen-bond acceptors (Lipinski definition) is 3. The third-order valence-corrected chi connectivity index (χ3v) is 3.35. The zero-order chi connectivity index (χ0) is 11.8. The molecular weight excluding hydrogens is 200 g/mol. The van der Waals surface area contributed by atoms with Crippen LogP contribution in [0.1, 0.15) is 26.2 Å². The standard InChI is InChI=1S/C13H26N2O/c1-4-5-9-16-10-7-14-13-6-8-15(3)12(2)11-13/h4,12-14H,1,5-11H2,2-3H3. The molecular formula is C13H26N2O. The van der Waals surface area contributed by atoms with Gasteiger partial charge in [0, 0.05) is 18.6 Å². The molecule has 16 heavy (non-hydrogen) atoms. The summed E-state index contributed by atoms with van der Waals surface area (Å²) >= 11 is 0. The van der Waals surface area contributed by atoms with Crippen LogP contribution in [0.3, 0.4) is 0 Å². The highest BCUT2D eigenvalue weighted by molar-refractivity contribution is 4.80. The van der Waals surface area contributed by atoms with E-state index in [9.17, 15) is 0 Å². The summed E-state index contributed by atoms with van der Waals surface area (Å²) in [6.45, 7) is 9.76. The van der Waals surface area contributed by atoms with E-state index < -0.39 is 0 Å². The lowest BCUT2D eigenvalue weighted by molar-refractivity contribution is 0.126. The van der Waals surface area contributed by atoms with Crippen LogP contribution in [0.5, 0.6) is 0 Å². The lowest BCUT2D eigenvalue weighted by atomic mass is 9.99. The Bertz CT molecular complexity index is 196. The Morgan fingerprint density at radius 2 is 2.31 bits per heavy atom. The Kier molecular flexibility index (Phi) is 6.69. The third kappa shape index (κ3) is 5.10. The molecule has 0 amide bonds. The minimum atomic E-state index is 0.675. The summed E-state index contributed by atoms with van der Waals surface area (Å²) in [5.74, 6) is 0. The molecule has 1 aliphatic heterocycles. The molecule has 0 aliphatic carbocycles. The van der Waals surface area contributed by atoms with Gasteiger partial charge in [-0.2, -0.15) is 0 Å². The maximum absolute atomic E-state index is 5.47. The molecule has 2 atom stereocenters. The summed E-state index contributed by atoms with van der Waals surface area (Å²) in [5.41, 5.74) is 0. The molecule has 0 aromatic carbocycles. The number of nitrogens with one attached hydrogen (secondary N) is 1. The van der Waals surface area contributed by atoms with Crippen LogP contribution >= 0.6 is 0 Å². The SMILES string of the molecule is C=CCCOCCNC1CCN(C)C(C)C1. The van der Waals surface area contributed by atoms with E-state index in [0.717, 1.165) is 26.2 Å². The fourth-order valence-corrected chi connectivity index (χ4v) is 2.08. The van der Waals surface area contributed by atoms with Crippen molar-refractivity contribution in [2.24, 2.45) is 0 Å². The molecule has 94 valence electrons. The van der Waals surface area contributed by atoms with Crippen molar-refractivity contribution in [1.82, 2.24) is 10.2 Å².